The van der Waals surface area contributed by atoms with Crippen molar-refractivity contribution in [1.82, 2.24) is 5.32 Å². The van der Waals surface area contributed by atoms with Crippen LogP contribution in [0.1, 0.15) is 18.4 Å². The van der Waals surface area contributed by atoms with Gasteiger partial charge in [-0.2, -0.15) is 0 Å². The Balaban J connectivity index is 1.94. The van der Waals surface area contributed by atoms with Crippen LogP contribution in [-0.4, -0.2) is 24.2 Å². The van der Waals surface area contributed by atoms with Crippen molar-refractivity contribution < 1.29 is 14.6 Å². The Labute approximate surface area is 105 Å². The Kier molecular flexibility index (Phi) is 2.45. The van der Waals surface area contributed by atoms with E-state index in [1.807, 2.05) is 0 Å². The molecule has 5 nitrogen and oxygen atoms in total. The first kappa shape index (κ1) is 11.3. The number of aromatic hydroxyl groups is 1. The van der Waals surface area contributed by atoms with Gasteiger partial charge in [-0.3, -0.25) is 10.1 Å². The van der Waals surface area contributed by atoms with Crippen molar-refractivity contribution in [2.24, 2.45) is 11.7 Å². The fraction of sp³-hybridized carbons (Fsp3) is 0.462. The Bertz CT molecular complexity index is 499. The summed E-state index contributed by atoms with van der Waals surface area (Å²) in [5, 5.41) is 12.7. The van der Waals surface area contributed by atoms with E-state index in [1.54, 1.807) is 12.1 Å². The summed E-state index contributed by atoms with van der Waals surface area (Å²) in [6, 6.07) is 4.76. The van der Waals surface area contributed by atoms with Crippen LogP contribution in [0.25, 0.3) is 0 Å². The maximum atomic E-state index is 11.8. The zero-order chi connectivity index (χ0) is 12.8. The molecule has 1 amide bonds. The van der Waals surface area contributed by atoms with Gasteiger partial charge in [0.1, 0.15) is 18.1 Å². The van der Waals surface area contributed by atoms with Crippen LogP contribution >= 0.6 is 0 Å². The monoisotopic (exact) mass is 248 g/mol. The molecular formula is C13H16N2O3. The number of benzene rings is 1. The molecule has 1 atom stereocenters. The Morgan fingerprint density at radius 1 is 1.56 bits per heavy atom. The van der Waals surface area contributed by atoms with E-state index in [1.165, 1.54) is 18.9 Å². The smallest absolute Gasteiger partial charge is 0.246 e. The first-order valence-electron chi connectivity index (χ1n) is 6.13. The van der Waals surface area contributed by atoms with Crippen molar-refractivity contribution in [3.63, 3.8) is 0 Å². The van der Waals surface area contributed by atoms with Crippen LogP contribution in [0.15, 0.2) is 18.2 Å². The van der Waals surface area contributed by atoms with E-state index in [4.69, 9.17) is 10.5 Å². The van der Waals surface area contributed by atoms with E-state index in [0.29, 0.717) is 17.2 Å². The standard InChI is InChI=1S/C13H16N2O3/c14-12(17)13(15-6-8-1-2-8)7-18-11-5-9(16)3-4-10(11)13/h3-5,8,15-16H,1-2,6-7H2,(H2,14,17). The topological polar surface area (TPSA) is 84.6 Å². The van der Waals surface area contributed by atoms with Crippen LogP contribution in [0.3, 0.4) is 0 Å². The van der Waals surface area contributed by atoms with Gasteiger partial charge in [0.05, 0.1) is 0 Å². The van der Waals surface area contributed by atoms with Gasteiger partial charge in [0, 0.05) is 11.6 Å². The summed E-state index contributed by atoms with van der Waals surface area (Å²) < 4.78 is 5.49. The first-order chi connectivity index (χ1) is 8.62. The summed E-state index contributed by atoms with van der Waals surface area (Å²) in [7, 11) is 0. The fourth-order valence-electron chi connectivity index (χ4n) is 2.32. The molecule has 0 radical (unpaired) electrons. The molecule has 1 heterocycles. The summed E-state index contributed by atoms with van der Waals surface area (Å²) in [5.74, 6) is 0.850. The molecule has 1 unspecified atom stereocenters. The molecule has 1 fully saturated rings. The van der Waals surface area contributed by atoms with Crippen molar-refractivity contribution in [2.75, 3.05) is 13.2 Å². The summed E-state index contributed by atoms with van der Waals surface area (Å²) >= 11 is 0. The molecule has 0 bridgehead atoms. The van der Waals surface area contributed by atoms with E-state index in [-0.39, 0.29) is 12.4 Å². The normalized spacial score (nSPS) is 25.6. The van der Waals surface area contributed by atoms with E-state index in [9.17, 15) is 9.90 Å². The number of primary amides is 1. The predicted octanol–water partition coefficient (Wildman–Crippen LogP) is 0.465. The Morgan fingerprint density at radius 2 is 2.33 bits per heavy atom. The highest BCUT2D eigenvalue weighted by atomic mass is 16.5. The highest BCUT2D eigenvalue weighted by molar-refractivity contribution is 5.88. The van der Waals surface area contributed by atoms with Crippen LogP contribution in [-0.2, 0) is 10.3 Å². The average Bonchev–Trinajstić information content (AvgIpc) is 3.08. The molecule has 1 aliphatic heterocycles. The van der Waals surface area contributed by atoms with E-state index in [0.717, 1.165) is 6.54 Å². The molecule has 96 valence electrons. The number of phenolic OH excluding ortho intramolecular Hbond substituents is 1. The minimum absolute atomic E-state index is 0.121. The second-order valence-corrected chi connectivity index (χ2v) is 5.06. The lowest BCUT2D eigenvalue weighted by Gasteiger charge is -2.25. The van der Waals surface area contributed by atoms with Gasteiger partial charge < -0.3 is 15.6 Å². The number of amides is 1. The van der Waals surface area contributed by atoms with E-state index in [2.05, 4.69) is 5.32 Å². The summed E-state index contributed by atoms with van der Waals surface area (Å²) in [4.78, 5) is 11.8. The second kappa shape index (κ2) is 3.88. The SMILES string of the molecule is NC(=O)C1(NCC2CC2)COc2cc(O)ccc21. The maximum absolute atomic E-state index is 11.8. The number of nitrogens with two attached hydrogens (primary N) is 1. The lowest BCUT2D eigenvalue weighted by molar-refractivity contribution is -0.125. The van der Waals surface area contributed by atoms with Crippen molar-refractivity contribution in [2.45, 2.75) is 18.4 Å². The van der Waals surface area contributed by atoms with Crippen LogP contribution < -0.4 is 15.8 Å². The van der Waals surface area contributed by atoms with Crippen molar-refractivity contribution in [1.29, 1.82) is 0 Å². The molecule has 0 saturated heterocycles. The minimum Gasteiger partial charge on any atom is -0.508 e. The largest absolute Gasteiger partial charge is 0.508 e. The third-order valence-electron chi connectivity index (χ3n) is 3.68. The number of phenols is 1. The van der Waals surface area contributed by atoms with Crippen molar-refractivity contribution >= 4 is 5.91 Å². The molecular weight excluding hydrogens is 232 g/mol. The first-order valence-corrected chi connectivity index (χ1v) is 6.13. The highest BCUT2D eigenvalue weighted by Crippen LogP contribution is 2.40. The average molecular weight is 248 g/mol. The zero-order valence-electron chi connectivity index (χ0n) is 9.98. The second-order valence-electron chi connectivity index (χ2n) is 5.06. The van der Waals surface area contributed by atoms with Gasteiger partial charge in [-0.05, 0) is 37.4 Å². The number of carbonyl (C=O) groups is 1. The highest BCUT2D eigenvalue weighted by Gasteiger charge is 2.46. The minimum atomic E-state index is -0.953. The van der Waals surface area contributed by atoms with Gasteiger partial charge in [-0.15, -0.1) is 0 Å². The van der Waals surface area contributed by atoms with Crippen LogP contribution in [0, 0.1) is 5.92 Å². The lowest BCUT2D eigenvalue weighted by Crippen LogP contribution is -2.54. The van der Waals surface area contributed by atoms with E-state index >= 15 is 0 Å². The number of fused-ring (bicyclic) bond motifs is 1. The Hall–Kier alpha value is -1.75. The number of rotatable bonds is 4. The maximum Gasteiger partial charge on any atom is 0.246 e. The Morgan fingerprint density at radius 3 is 3.00 bits per heavy atom. The van der Waals surface area contributed by atoms with E-state index < -0.39 is 11.4 Å². The number of carbonyl (C=O) groups excluding carboxylic acids is 1. The molecule has 0 spiro atoms. The van der Waals surface area contributed by atoms with Crippen molar-refractivity contribution in [3.8, 4) is 11.5 Å². The fourth-order valence-corrected chi connectivity index (χ4v) is 2.32. The molecule has 1 aliphatic carbocycles. The molecule has 18 heavy (non-hydrogen) atoms. The lowest BCUT2D eigenvalue weighted by atomic mass is 9.91. The third kappa shape index (κ3) is 1.71. The van der Waals surface area contributed by atoms with Gasteiger partial charge in [-0.1, -0.05) is 0 Å². The molecule has 1 aromatic rings. The van der Waals surface area contributed by atoms with Gasteiger partial charge >= 0.3 is 0 Å². The number of ether oxygens (including phenoxy) is 1. The molecule has 4 N–H and O–H groups in total. The van der Waals surface area contributed by atoms with Gasteiger partial charge in [0.15, 0.2) is 5.54 Å². The molecule has 0 aromatic heterocycles. The van der Waals surface area contributed by atoms with Gasteiger partial charge in [0.2, 0.25) is 5.91 Å². The van der Waals surface area contributed by atoms with Gasteiger partial charge in [-0.25, -0.2) is 0 Å². The molecule has 2 aliphatic rings. The zero-order valence-corrected chi connectivity index (χ0v) is 9.98. The summed E-state index contributed by atoms with van der Waals surface area (Å²) in [6.07, 6.45) is 2.40. The van der Waals surface area contributed by atoms with Crippen LogP contribution in [0.2, 0.25) is 0 Å². The molecule has 1 saturated carbocycles. The van der Waals surface area contributed by atoms with Crippen LogP contribution in [0.4, 0.5) is 0 Å². The molecule has 1 aromatic carbocycles. The van der Waals surface area contributed by atoms with Gasteiger partial charge in [0.25, 0.3) is 0 Å². The molecule has 5 heteroatoms. The third-order valence-corrected chi connectivity index (χ3v) is 3.68. The van der Waals surface area contributed by atoms with Crippen LogP contribution in [0.5, 0.6) is 11.5 Å². The number of hydrogen-bond acceptors (Lipinski definition) is 4. The number of hydrogen-bond donors (Lipinski definition) is 3. The number of nitrogens with one attached hydrogen (secondary N) is 1. The quantitative estimate of drug-likeness (QED) is 0.723. The molecule has 3 rings (SSSR count). The summed E-state index contributed by atoms with van der Waals surface area (Å²) in [6.45, 7) is 0.959. The van der Waals surface area contributed by atoms with Crippen molar-refractivity contribution in [3.05, 3.63) is 23.8 Å². The predicted molar refractivity (Wildman–Crippen MR) is 65.2 cm³/mol. The summed E-state index contributed by atoms with van der Waals surface area (Å²) in [5.41, 5.74) is 5.31.